The average molecular weight is 524 g/mol. The number of para-hydroxylation sites is 1. The fourth-order valence-electron chi connectivity index (χ4n) is 3.00. The predicted molar refractivity (Wildman–Crippen MR) is 122 cm³/mol. The van der Waals surface area contributed by atoms with E-state index >= 15 is 0 Å². The molecule has 0 saturated carbocycles. The number of fused-ring (bicyclic) bond motifs is 1. The molecule has 1 heterocycles. The molecule has 1 amide bonds. The number of benzene rings is 2. The number of H-pyrrole nitrogens is 1. The highest BCUT2D eigenvalue weighted by atomic mass is 79.9. The van der Waals surface area contributed by atoms with Gasteiger partial charge in [-0.25, -0.2) is 4.79 Å². The Bertz CT molecular complexity index is 975. The van der Waals surface area contributed by atoms with Crippen molar-refractivity contribution in [2.75, 3.05) is 6.61 Å². The minimum atomic E-state index is -0.564. The number of aromatic amines is 1. The number of rotatable bonds is 6. The van der Waals surface area contributed by atoms with Gasteiger partial charge in [-0.05, 0) is 57.0 Å². The molecule has 0 aliphatic rings. The van der Waals surface area contributed by atoms with E-state index in [2.05, 4.69) is 48.2 Å². The summed E-state index contributed by atoms with van der Waals surface area (Å²) in [5, 5.41) is 4.09. The van der Waals surface area contributed by atoms with Gasteiger partial charge in [0, 0.05) is 26.0 Å². The van der Waals surface area contributed by atoms with Crippen LogP contribution in [0.15, 0.2) is 57.6 Å². The van der Waals surface area contributed by atoms with Gasteiger partial charge in [0.05, 0.1) is 6.04 Å². The van der Waals surface area contributed by atoms with Crippen LogP contribution in [-0.4, -0.2) is 29.3 Å². The lowest BCUT2D eigenvalue weighted by Gasteiger charge is -2.24. The molecule has 5 nitrogen and oxygen atoms in total. The zero-order valence-electron chi connectivity index (χ0n) is 16.6. The van der Waals surface area contributed by atoms with Gasteiger partial charge in [-0.1, -0.05) is 50.1 Å². The lowest BCUT2D eigenvalue weighted by molar-refractivity contribution is 0.0488. The Hall–Kier alpha value is -1.99. The lowest BCUT2D eigenvalue weighted by atomic mass is 10.1. The number of ether oxygens (including phenoxy) is 2. The molecule has 1 unspecified atom stereocenters. The van der Waals surface area contributed by atoms with E-state index in [1.54, 1.807) is 0 Å². The third-order valence-corrected chi connectivity index (χ3v) is 5.07. The van der Waals surface area contributed by atoms with Crippen molar-refractivity contribution in [1.29, 1.82) is 0 Å². The van der Waals surface area contributed by atoms with Crippen LogP contribution in [0.5, 0.6) is 5.75 Å². The summed E-state index contributed by atoms with van der Waals surface area (Å²) in [5.41, 5.74) is 1.61. The van der Waals surface area contributed by atoms with Crippen molar-refractivity contribution in [2.45, 2.75) is 38.8 Å². The molecule has 1 aromatic heterocycles. The Kier molecular flexibility index (Phi) is 6.90. The third-order valence-electron chi connectivity index (χ3n) is 4.15. The van der Waals surface area contributed by atoms with Crippen LogP contribution in [0.25, 0.3) is 10.9 Å². The van der Waals surface area contributed by atoms with E-state index in [0.29, 0.717) is 18.8 Å². The molecule has 0 saturated heterocycles. The minimum absolute atomic E-state index is 0.262. The van der Waals surface area contributed by atoms with E-state index in [9.17, 15) is 4.79 Å². The second kappa shape index (κ2) is 9.22. The molecule has 0 fully saturated rings. The summed E-state index contributed by atoms with van der Waals surface area (Å²) in [6.07, 6.45) is 2.13. The molecule has 0 bridgehead atoms. The molecule has 7 heteroatoms. The largest absolute Gasteiger partial charge is 0.491 e. The molecule has 2 aromatic carbocycles. The summed E-state index contributed by atoms with van der Waals surface area (Å²) >= 11 is 6.93. The summed E-state index contributed by atoms with van der Waals surface area (Å²) in [7, 11) is 0. The lowest BCUT2D eigenvalue weighted by Crippen LogP contribution is -2.43. The van der Waals surface area contributed by atoms with Gasteiger partial charge in [-0.3, -0.25) is 0 Å². The zero-order chi connectivity index (χ0) is 21.0. The molecule has 0 radical (unpaired) electrons. The van der Waals surface area contributed by atoms with E-state index in [0.717, 1.165) is 25.4 Å². The van der Waals surface area contributed by atoms with Gasteiger partial charge in [-0.15, -0.1) is 0 Å². The number of amides is 1. The number of carbonyl (C=O) groups excluding carboxylic acids is 1. The number of hydrogen-bond donors (Lipinski definition) is 2. The summed E-state index contributed by atoms with van der Waals surface area (Å²) in [6, 6.07) is 13.6. The average Bonchev–Trinajstić information content (AvgIpc) is 3.00. The van der Waals surface area contributed by atoms with Crippen molar-refractivity contribution < 1.29 is 14.3 Å². The number of nitrogens with one attached hydrogen (secondary N) is 2. The number of carbonyl (C=O) groups is 1. The molecule has 0 aliphatic carbocycles. The van der Waals surface area contributed by atoms with Gasteiger partial charge in [0.2, 0.25) is 0 Å². The molecule has 0 aliphatic heterocycles. The molecule has 0 spiro atoms. The quantitative estimate of drug-likeness (QED) is 0.404. The number of halogens is 2. The van der Waals surface area contributed by atoms with Crippen LogP contribution in [-0.2, 0) is 11.2 Å². The van der Waals surface area contributed by atoms with Crippen LogP contribution in [0.3, 0.4) is 0 Å². The normalized spacial score (nSPS) is 12.6. The standard InChI is InChI=1S/C22H24Br2N2O3/c1-22(2,3)29-21(27)26-17(13-28-18-10-15(23)9-16(24)11-18)8-14-12-25-20-7-5-4-6-19(14)20/h4-7,9-12,17,25H,8,13H2,1-3H3,(H,26,27). The van der Waals surface area contributed by atoms with Crippen LogP contribution < -0.4 is 10.1 Å². The predicted octanol–water partition coefficient (Wildman–Crippen LogP) is 6.21. The molecule has 2 N–H and O–H groups in total. The maximum atomic E-state index is 12.4. The Balaban J connectivity index is 1.76. The van der Waals surface area contributed by atoms with Gasteiger partial charge in [0.25, 0.3) is 0 Å². The smallest absolute Gasteiger partial charge is 0.408 e. The van der Waals surface area contributed by atoms with Crippen LogP contribution >= 0.6 is 31.9 Å². The summed E-state index contributed by atoms with van der Waals surface area (Å²) in [4.78, 5) is 15.6. The van der Waals surface area contributed by atoms with Crippen LogP contribution in [0.2, 0.25) is 0 Å². The maximum Gasteiger partial charge on any atom is 0.408 e. The SMILES string of the molecule is CC(C)(C)OC(=O)NC(COc1cc(Br)cc(Br)c1)Cc1c[nH]c2ccccc12. The fourth-order valence-corrected chi connectivity index (χ4v) is 4.25. The minimum Gasteiger partial charge on any atom is -0.491 e. The summed E-state index contributed by atoms with van der Waals surface area (Å²) in [5.74, 6) is 0.709. The van der Waals surface area contributed by atoms with Crippen molar-refractivity contribution in [2.24, 2.45) is 0 Å². The molecule has 3 rings (SSSR count). The number of alkyl carbamates (subject to hydrolysis) is 1. The van der Waals surface area contributed by atoms with Crippen molar-refractivity contribution in [3.8, 4) is 5.75 Å². The first-order valence-corrected chi connectivity index (χ1v) is 10.9. The van der Waals surface area contributed by atoms with Crippen molar-refractivity contribution in [1.82, 2.24) is 10.3 Å². The monoisotopic (exact) mass is 522 g/mol. The van der Waals surface area contributed by atoms with Crippen molar-refractivity contribution in [3.05, 3.63) is 63.2 Å². The molecular weight excluding hydrogens is 500 g/mol. The van der Waals surface area contributed by atoms with Crippen molar-refractivity contribution in [3.63, 3.8) is 0 Å². The van der Waals surface area contributed by atoms with Gasteiger partial charge >= 0.3 is 6.09 Å². The fraction of sp³-hybridized carbons (Fsp3) is 0.318. The van der Waals surface area contributed by atoms with E-state index in [-0.39, 0.29) is 6.04 Å². The van der Waals surface area contributed by atoms with E-state index < -0.39 is 11.7 Å². The first-order chi connectivity index (χ1) is 13.7. The summed E-state index contributed by atoms with van der Waals surface area (Å²) in [6.45, 7) is 5.84. The summed E-state index contributed by atoms with van der Waals surface area (Å²) < 4.78 is 13.2. The highest BCUT2D eigenvalue weighted by Gasteiger charge is 2.21. The molecule has 29 heavy (non-hydrogen) atoms. The molecular formula is C22H24Br2N2O3. The van der Waals surface area contributed by atoms with E-state index in [4.69, 9.17) is 9.47 Å². The number of hydrogen-bond acceptors (Lipinski definition) is 3. The first-order valence-electron chi connectivity index (χ1n) is 9.33. The molecule has 154 valence electrons. The maximum absolute atomic E-state index is 12.4. The molecule has 1 atom stereocenters. The van der Waals surface area contributed by atoms with E-state index in [1.807, 2.05) is 63.4 Å². The van der Waals surface area contributed by atoms with Crippen LogP contribution in [0, 0.1) is 0 Å². The Morgan fingerprint density at radius 2 is 1.83 bits per heavy atom. The van der Waals surface area contributed by atoms with Gasteiger partial charge in [0.1, 0.15) is 18.0 Å². The topological polar surface area (TPSA) is 63.4 Å². The first kappa shape index (κ1) is 21.7. The van der Waals surface area contributed by atoms with Crippen LogP contribution in [0.1, 0.15) is 26.3 Å². The molecule has 3 aromatic rings. The highest BCUT2D eigenvalue weighted by Crippen LogP contribution is 2.25. The second-order valence-electron chi connectivity index (χ2n) is 7.82. The Morgan fingerprint density at radius 1 is 1.14 bits per heavy atom. The highest BCUT2D eigenvalue weighted by molar-refractivity contribution is 9.11. The second-order valence-corrected chi connectivity index (χ2v) is 9.65. The number of aromatic nitrogens is 1. The van der Waals surface area contributed by atoms with Gasteiger partial charge < -0.3 is 19.8 Å². The van der Waals surface area contributed by atoms with Gasteiger partial charge in [-0.2, -0.15) is 0 Å². The van der Waals surface area contributed by atoms with Crippen molar-refractivity contribution >= 4 is 48.9 Å². The Morgan fingerprint density at radius 3 is 2.52 bits per heavy atom. The van der Waals surface area contributed by atoms with Crippen LogP contribution in [0.4, 0.5) is 4.79 Å². The van der Waals surface area contributed by atoms with E-state index in [1.165, 1.54) is 0 Å². The third kappa shape index (κ3) is 6.51. The van der Waals surface area contributed by atoms with Gasteiger partial charge in [0.15, 0.2) is 0 Å². The Labute approximate surface area is 187 Å². The zero-order valence-corrected chi connectivity index (χ0v) is 19.8.